The largest absolute Gasteiger partial charge is 0.269 e. The van der Waals surface area contributed by atoms with Crippen LogP contribution in [0.2, 0.25) is 0 Å². The summed E-state index contributed by atoms with van der Waals surface area (Å²) in [5, 5.41) is 9.52. The fourth-order valence-electron chi connectivity index (χ4n) is 8.84. The van der Waals surface area contributed by atoms with Crippen LogP contribution in [0.5, 0.6) is 0 Å². The lowest BCUT2D eigenvalue weighted by Crippen LogP contribution is -2.45. The second kappa shape index (κ2) is 13.0. The van der Waals surface area contributed by atoms with Gasteiger partial charge in [0.05, 0.1) is 39.6 Å². The third kappa shape index (κ3) is 6.16. The summed E-state index contributed by atoms with van der Waals surface area (Å²) in [7, 11) is 0. The molecule has 1 unspecified atom stereocenters. The van der Waals surface area contributed by atoms with E-state index >= 15 is 0 Å². The molecule has 2 heterocycles. The number of carbonyl (C=O) groups is 4. The number of nitriles is 1. The molecule has 2 aliphatic heterocycles. The molecule has 0 bridgehead atoms. The number of rotatable bonds is 5. The second-order valence-electron chi connectivity index (χ2n) is 17.0. The Balaban J connectivity index is 1.26. The fraction of sp³-hybridized carbons (Fsp3) is 0.271. The third-order valence-electron chi connectivity index (χ3n) is 10.9. The highest BCUT2D eigenvalue weighted by molar-refractivity contribution is 6.35. The van der Waals surface area contributed by atoms with Crippen molar-refractivity contribution in [2.24, 2.45) is 0 Å². The van der Waals surface area contributed by atoms with Gasteiger partial charge in [0.2, 0.25) is 0 Å². The number of anilines is 1. The van der Waals surface area contributed by atoms with Crippen molar-refractivity contribution in [1.29, 1.82) is 5.26 Å². The molecule has 0 aromatic heterocycles. The Kier molecular flexibility index (Phi) is 8.81. The van der Waals surface area contributed by atoms with Crippen LogP contribution < -0.4 is 4.90 Å². The Morgan fingerprint density at radius 2 is 0.964 bits per heavy atom. The van der Waals surface area contributed by atoms with Crippen LogP contribution in [0.1, 0.15) is 139 Å². The first-order valence-electron chi connectivity index (χ1n) is 18.6. The first kappa shape index (κ1) is 37.2. The lowest BCUT2D eigenvalue weighted by Gasteiger charge is -2.29. The van der Waals surface area contributed by atoms with Gasteiger partial charge in [0.1, 0.15) is 0 Å². The number of hydrogen-bond donors (Lipinski definition) is 0. The lowest BCUT2D eigenvalue weighted by molar-refractivity contribution is 0.0507. The van der Waals surface area contributed by atoms with Crippen LogP contribution in [0.15, 0.2) is 84.9 Å². The van der Waals surface area contributed by atoms with Crippen molar-refractivity contribution in [1.82, 2.24) is 4.90 Å². The van der Waals surface area contributed by atoms with E-state index in [1.807, 2.05) is 58.9 Å². The average molecular weight is 728 g/mol. The molecule has 5 aromatic rings. The maximum Gasteiger partial charge on any atom is 0.266 e. The molecule has 7 heteroatoms. The fourth-order valence-corrected chi connectivity index (χ4v) is 8.84. The molecule has 0 fully saturated rings. The summed E-state index contributed by atoms with van der Waals surface area (Å²) < 4.78 is 0. The molecule has 1 atom stereocenters. The van der Waals surface area contributed by atoms with Crippen LogP contribution in [0, 0.1) is 39.0 Å². The molecule has 0 aliphatic carbocycles. The maximum absolute atomic E-state index is 14.2. The van der Waals surface area contributed by atoms with Gasteiger partial charge in [-0.15, -0.1) is 0 Å². The van der Waals surface area contributed by atoms with E-state index in [0.717, 1.165) is 27.8 Å². The van der Waals surface area contributed by atoms with Crippen molar-refractivity contribution >= 4 is 29.3 Å². The summed E-state index contributed by atoms with van der Waals surface area (Å²) in [6, 6.07) is 28.8. The van der Waals surface area contributed by atoms with Crippen molar-refractivity contribution in [2.75, 3.05) is 4.90 Å². The number of aryl methyl sites for hydroxylation is 4. The van der Waals surface area contributed by atoms with E-state index in [-0.39, 0.29) is 28.7 Å². The molecule has 0 spiro atoms. The van der Waals surface area contributed by atoms with E-state index in [4.69, 9.17) is 0 Å². The monoisotopic (exact) mass is 727 g/mol. The van der Waals surface area contributed by atoms with Gasteiger partial charge in [0, 0.05) is 11.5 Å². The highest BCUT2D eigenvalue weighted by atomic mass is 16.2. The number of nitrogens with zero attached hydrogens (tertiary/aromatic N) is 3. The summed E-state index contributed by atoms with van der Waals surface area (Å²) in [6.45, 7) is 20.3. The van der Waals surface area contributed by atoms with Gasteiger partial charge < -0.3 is 0 Å². The summed E-state index contributed by atoms with van der Waals surface area (Å²) in [6.07, 6.45) is 0. The van der Waals surface area contributed by atoms with Crippen molar-refractivity contribution < 1.29 is 19.2 Å². The van der Waals surface area contributed by atoms with Crippen LogP contribution in [-0.2, 0) is 5.41 Å². The van der Waals surface area contributed by atoms with Crippen molar-refractivity contribution in [3.05, 3.63) is 157 Å². The molecule has 0 saturated heterocycles. The Morgan fingerprint density at radius 3 is 1.44 bits per heavy atom. The third-order valence-corrected chi connectivity index (χ3v) is 10.9. The van der Waals surface area contributed by atoms with Crippen molar-refractivity contribution in [3.63, 3.8) is 0 Å². The molecule has 276 valence electrons. The molecule has 55 heavy (non-hydrogen) atoms. The van der Waals surface area contributed by atoms with E-state index in [1.165, 1.54) is 26.5 Å². The minimum Gasteiger partial charge on any atom is -0.269 e. The lowest BCUT2D eigenvalue weighted by atomic mass is 9.77. The summed E-state index contributed by atoms with van der Waals surface area (Å²) in [4.78, 5) is 57.2. The Labute approximate surface area is 323 Å². The number of imide groups is 2. The zero-order chi connectivity index (χ0) is 39.9. The minimum absolute atomic E-state index is 0.0206. The van der Waals surface area contributed by atoms with Gasteiger partial charge in [-0.25, -0.2) is 4.90 Å². The minimum atomic E-state index is -0.675. The standard InChI is InChI=1S/C48H45N3O4/c1-26-19-34(20-27(2)41(26)47(5,6)7)40(31-13-11-30(25-49)12-14-31)35-21-28(3)42(29(4)22-35)50-43(52)36-17-15-32(23-38(36)44(50)53)33-16-18-37-39(24-33)46(55)51(45(37)54)48(8,9)10/h11-24,40H,1-10H3. The van der Waals surface area contributed by atoms with Crippen LogP contribution in [0.25, 0.3) is 11.1 Å². The van der Waals surface area contributed by atoms with Gasteiger partial charge in [-0.05, 0) is 146 Å². The predicted molar refractivity (Wildman–Crippen MR) is 216 cm³/mol. The van der Waals surface area contributed by atoms with Gasteiger partial charge in [0.25, 0.3) is 23.6 Å². The van der Waals surface area contributed by atoms with Gasteiger partial charge >= 0.3 is 0 Å². The predicted octanol–water partition coefficient (Wildman–Crippen LogP) is 10.1. The van der Waals surface area contributed by atoms with E-state index in [9.17, 15) is 24.4 Å². The van der Waals surface area contributed by atoms with Gasteiger partial charge in [-0.2, -0.15) is 5.26 Å². The highest BCUT2D eigenvalue weighted by Gasteiger charge is 2.42. The van der Waals surface area contributed by atoms with E-state index in [0.29, 0.717) is 39.1 Å². The molecule has 7 nitrogen and oxygen atoms in total. The SMILES string of the molecule is Cc1cc(C(c2ccc(C#N)cc2)c2cc(C)c(C(C)(C)C)c(C)c2)cc(C)c1N1C(=O)c2ccc(-c3ccc4c(c3)C(=O)N(C(C)(C)C)C4=O)cc2C1=O. The smallest absolute Gasteiger partial charge is 0.266 e. The molecule has 5 aromatic carbocycles. The first-order valence-corrected chi connectivity index (χ1v) is 18.6. The number of hydrogen-bond acceptors (Lipinski definition) is 5. The summed E-state index contributed by atoms with van der Waals surface area (Å²) >= 11 is 0. The second-order valence-corrected chi connectivity index (χ2v) is 17.0. The van der Waals surface area contributed by atoms with Crippen LogP contribution in [-0.4, -0.2) is 34.1 Å². The van der Waals surface area contributed by atoms with Crippen LogP contribution in [0.4, 0.5) is 5.69 Å². The molecule has 2 aliphatic rings. The van der Waals surface area contributed by atoms with Crippen molar-refractivity contribution in [2.45, 2.75) is 86.1 Å². The highest BCUT2D eigenvalue weighted by Crippen LogP contribution is 2.42. The number of amides is 4. The summed E-state index contributed by atoms with van der Waals surface area (Å²) in [5.41, 5.74) is 11.5. The number of benzene rings is 5. The average Bonchev–Trinajstić information content (AvgIpc) is 3.51. The normalized spacial score (nSPS) is 14.7. The molecule has 4 amide bonds. The number of fused-ring (bicyclic) bond motifs is 2. The van der Waals surface area contributed by atoms with Gasteiger partial charge in [-0.1, -0.05) is 69.3 Å². The van der Waals surface area contributed by atoms with E-state index in [2.05, 4.69) is 65.0 Å². The van der Waals surface area contributed by atoms with Gasteiger partial charge in [-0.3, -0.25) is 24.1 Å². The Morgan fingerprint density at radius 1 is 0.527 bits per heavy atom. The topological polar surface area (TPSA) is 98.5 Å². The molecule has 0 radical (unpaired) electrons. The van der Waals surface area contributed by atoms with E-state index in [1.54, 1.807) is 36.4 Å². The molecule has 0 N–H and O–H groups in total. The molecule has 0 saturated carbocycles. The van der Waals surface area contributed by atoms with Crippen LogP contribution >= 0.6 is 0 Å². The first-order chi connectivity index (χ1) is 25.8. The van der Waals surface area contributed by atoms with Crippen LogP contribution in [0.3, 0.4) is 0 Å². The van der Waals surface area contributed by atoms with Gasteiger partial charge in [0.15, 0.2) is 0 Å². The Bertz CT molecular complexity index is 2490. The zero-order valence-corrected chi connectivity index (χ0v) is 33.1. The maximum atomic E-state index is 14.2. The molecule has 7 rings (SSSR count). The summed E-state index contributed by atoms with van der Waals surface area (Å²) in [5.74, 6) is -1.65. The zero-order valence-electron chi connectivity index (χ0n) is 33.1. The van der Waals surface area contributed by atoms with E-state index < -0.39 is 17.4 Å². The number of carbonyl (C=O) groups excluding carboxylic acids is 4. The quantitative estimate of drug-likeness (QED) is 0.133. The van der Waals surface area contributed by atoms with Crippen molar-refractivity contribution in [3.8, 4) is 17.2 Å². The molecular formula is C48H45N3O4. The molecular weight excluding hydrogens is 683 g/mol. The Hall–Kier alpha value is -6.13.